The van der Waals surface area contributed by atoms with E-state index in [1.807, 2.05) is 231 Å². The van der Waals surface area contributed by atoms with Crippen molar-refractivity contribution in [2.24, 2.45) is 0 Å². The zero-order valence-electron chi connectivity index (χ0n) is 65.3. The van der Waals surface area contributed by atoms with Crippen LogP contribution in [0.4, 0.5) is 5.88 Å². The van der Waals surface area contributed by atoms with Crippen LogP contribution < -0.4 is 25.5 Å². The van der Waals surface area contributed by atoms with Gasteiger partial charge in [-0.1, -0.05) is 344 Å². The van der Waals surface area contributed by atoms with Crippen LogP contribution in [0, 0.1) is 19.5 Å². The van der Waals surface area contributed by atoms with Gasteiger partial charge >= 0.3 is 0 Å². The molecule has 14 heteroatoms. The molecule has 0 saturated heterocycles. The normalized spacial score (nSPS) is 11.4. The average Bonchev–Trinajstić information content (AvgIpc) is 1.61. The number of halogens is 4. The zero-order chi connectivity index (χ0) is 81.5. The molecule has 0 fully saturated rings. The van der Waals surface area contributed by atoms with E-state index in [1.165, 1.54) is 31.9 Å². The van der Waals surface area contributed by atoms with E-state index in [0.29, 0.717) is 52.1 Å². The number of ether oxygens (including phenoxy) is 2. The number of aryl methyl sites for hydroxylation is 3. The van der Waals surface area contributed by atoms with Gasteiger partial charge in [-0.3, -0.25) is 9.59 Å². The van der Waals surface area contributed by atoms with Gasteiger partial charge in [0.2, 0.25) is 11.6 Å². The molecule has 0 bridgehead atoms. The van der Waals surface area contributed by atoms with Gasteiger partial charge in [-0.15, -0.1) is 18.0 Å². The number of benzene rings is 11. The lowest BCUT2D eigenvalue weighted by Crippen LogP contribution is -2.23. The van der Waals surface area contributed by atoms with Crippen molar-refractivity contribution < 1.29 is 18.3 Å². The molecular formula is C105H96Cl2I2N4O6. The Morgan fingerprint density at radius 2 is 0.874 bits per heavy atom. The maximum atomic E-state index is 12.5. The predicted octanol–water partition coefficient (Wildman–Crippen LogP) is 27.7. The van der Waals surface area contributed by atoms with Crippen LogP contribution in [-0.4, -0.2) is 14.1 Å². The molecule has 0 N–H and O–H groups in total. The molecule has 0 amide bonds. The third kappa shape index (κ3) is 25.3. The number of aromatic nitrogens is 3. The van der Waals surface area contributed by atoms with Gasteiger partial charge in [-0.2, -0.15) is 0 Å². The summed E-state index contributed by atoms with van der Waals surface area (Å²) in [7, 11) is 0. The van der Waals surface area contributed by atoms with Crippen LogP contribution in [-0.2, 0) is 52.1 Å². The molecule has 5 aromatic heterocycles. The number of alkyl halides is 1. The van der Waals surface area contributed by atoms with Crippen LogP contribution in [0.15, 0.2) is 389 Å². The Hall–Kier alpha value is -12.0. The summed E-state index contributed by atoms with van der Waals surface area (Å²) in [6.07, 6.45) is 17.6. The van der Waals surface area contributed by atoms with Crippen molar-refractivity contribution in [3.63, 3.8) is 0 Å². The molecule has 1 aliphatic heterocycles. The molecule has 0 spiro atoms. The van der Waals surface area contributed by atoms with Crippen LogP contribution in [0.5, 0.6) is 11.5 Å². The van der Waals surface area contributed by atoms with Gasteiger partial charge in [0, 0.05) is 67.8 Å². The maximum Gasteiger partial charge on any atom is 0.268 e. The lowest BCUT2D eigenvalue weighted by Gasteiger charge is -2.24. The second-order valence-electron chi connectivity index (χ2n) is 27.3. The fraction of sp³-hybridized carbons (Fsp3) is 0.133. The summed E-state index contributed by atoms with van der Waals surface area (Å²) in [6.45, 7) is 9.27. The van der Waals surface area contributed by atoms with E-state index in [9.17, 15) is 9.59 Å². The highest BCUT2D eigenvalue weighted by Crippen LogP contribution is 2.50. The van der Waals surface area contributed by atoms with E-state index in [-0.39, 0.29) is 31.3 Å². The van der Waals surface area contributed by atoms with Crippen LogP contribution in [0.25, 0.3) is 56.0 Å². The molecule has 0 aliphatic carbocycles. The van der Waals surface area contributed by atoms with E-state index in [2.05, 4.69) is 191 Å². The molecule has 600 valence electrons. The predicted molar refractivity (Wildman–Crippen MR) is 512 cm³/mol. The average molecular weight is 1830 g/mol. The molecule has 119 heavy (non-hydrogen) atoms. The van der Waals surface area contributed by atoms with Crippen molar-refractivity contribution in [1.29, 1.82) is 0 Å². The van der Waals surface area contributed by atoms with Crippen molar-refractivity contribution in [3.05, 3.63) is 459 Å². The van der Waals surface area contributed by atoms with Crippen molar-refractivity contribution in [3.8, 4) is 68.7 Å². The van der Waals surface area contributed by atoms with Crippen molar-refractivity contribution >= 4 is 85.4 Å². The summed E-state index contributed by atoms with van der Waals surface area (Å²) < 4.78 is 29.4. The Morgan fingerprint density at radius 3 is 1.34 bits per heavy atom. The van der Waals surface area contributed by atoms with Crippen molar-refractivity contribution in [2.45, 2.75) is 93.1 Å². The van der Waals surface area contributed by atoms with Crippen LogP contribution in [0.1, 0.15) is 96.6 Å². The first-order valence-electron chi connectivity index (χ1n) is 38.8. The lowest BCUT2D eigenvalue weighted by molar-refractivity contribution is 0.302. The summed E-state index contributed by atoms with van der Waals surface area (Å²) in [5.74, 6) is 6.23. The minimum Gasteiger partial charge on any atom is -0.489 e. The maximum absolute atomic E-state index is 12.5. The highest BCUT2D eigenvalue weighted by atomic mass is 127. The molecule has 10 nitrogen and oxygen atoms in total. The van der Waals surface area contributed by atoms with E-state index < -0.39 is 0 Å². The Balaban J connectivity index is 0.000000156. The molecule has 16 aromatic rings. The summed E-state index contributed by atoms with van der Waals surface area (Å²) in [5.41, 5.74) is 18.4. The van der Waals surface area contributed by atoms with Gasteiger partial charge in [-0.05, 0) is 169 Å². The molecular weight excluding hydrogens is 1740 g/mol. The molecule has 0 saturated carbocycles. The van der Waals surface area contributed by atoms with E-state index >= 15 is 0 Å². The number of terminal acetylenes is 1. The minimum atomic E-state index is -0.246. The number of anilines is 1. The van der Waals surface area contributed by atoms with E-state index in [1.54, 1.807) is 33.8 Å². The van der Waals surface area contributed by atoms with Crippen LogP contribution in [0.3, 0.4) is 0 Å². The molecule has 6 heterocycles. The number of hydrogen-bond acceptors (Lipinski definition) is 8. The Morgan fingerprint density at radius 1 is 0.454 bits per heavy atom. The smallest absolute Gasteiger partial charge is 0.268 e. The Bertz CT molecular complexity index is 5950. The number of furan rings is 2. The summed E-state index contributed by atoms with van der Waals surface area (Å²) in [4.78, 5) is 31.1. The summed E-state index contributed by atoms with van der Waals surface area (Å²) >= 11 is 17.7. The standard InChI is InChI=1S/C28H24ClNO.C21H16ClNO.C19H16INO2.C19H17NO2.C8H9I.C8H6.2CH4/c1-2-20-13-15-22(16-14-20)25-26-24(29)17-18-30(19-21-9-5-3-6-10-21)28(26)31-27(25)23-11-7-4-8-12-23;1-2-14-8-10-15(11-9-14)18-19-17(22)12-13-23-21(19)24-20(18)16-6-4-3-5-7-16;20-18-17(23-14-16-9-5-2-6-10-16)11-12-21(19(18)22)13-15-7-3-1-4-8-15;21-19-13-18(22-15-17-9-5-2-6-10-17)11-12-20(19)14-16-7-3-1-4-8-16;1-2-7-3-5-8(9)6-4-7;1-2-8-6-4-3-5-7-8;;/h3-18,24H,2,19H2,1H3;3-13H,2H2,1H3;1-12H,13-14H2;1-13H,14-15H2;3-6H,2H2,1H3;1,3-7H;2*1H4. The molecule has 1 unspecified atom stereocenters. The third-order valence-corrected chi connectivity index (χ3v) is 21.6. The SMILES string of the molecule is C.C.C#Cc1ccccc1.CCc1ccc(-c2c(-c3ccccc3)oc3c2C(Cl)C=CN3Cc2ccccc2)cc1.CCc1ccc(-c2c(-c3ccccc3)oc3nccc(Cl)c23)cc1.CCc1ccc(I)cc1.O=c1c(I)c(OCc2ccccc2)ccn1Cc1ccccc1.O=c1cc(OCc2ccccc2)ccn1Cc1ccccc1. The Labute approximate surface area is 737 Å². The van der Waals surface area contributed by atoms with Crippen LogP contribution in [0.2, 0.25) is 5.02 Å². The first-order chi connectivity index (χ1) is 57.3. The molecule has 1 atom stereocenters. The second-order valence-corrected chi connectivity index (χ2v) is 30.5. The van der Waals surface area contributed by atoms with Gasteiger partial charge in [0.15, 0.2) is 0 Å². The zero-order valence-corrected chi connectivity index (χ0v) is 71.1. The number of rotatable bonds is 19. The largest absolute Gasteiger partial charge is 0.489 e. The first-order valence-corrected chi connectivity index (χ1v) is 41.7. The number of allylic oxidation sites excluding steroid dienone is 1. The highest BCUT2D eigenvalue weighted by molar-refractivity contribution is 14.1. The minimum absolute atomic E-state index is 0. The molecule has 11 aromatic carbocycles. The Kier molecular flexibility index (Phi) is 34.7. The fourth-order valence-electron chi connectivity index (χ4n) is 12.9. The summed E-state index contributed by atoms with van der Waals surface area (Å²) in [6, 6.07) is 113. The highest BCUT2D eigenvalue weighted by Gasteiger charge is 2.32. The van der Waals surface area contributed by atoms with Gasteiger partial charge in [0.1, 0.15) is 39.8 Å². The van der Waals surface area contributed by atoms with Gasteiger partial charge in [-0.25, -0.2) is 4.98 Å². The van der Waals surface area contributed by atoms with Crippen molar-refractivity contribution in [2.75, 3.05) is 4.90 Å². The number of pyridine rings is 3. The van der Waals surface area contributed by atoms with E-state index in [0.717, 1.165) is 115 Å². The quantitative estimate of drug-likeness (QED) is 0.0448. The molecule has 17 rings (SSSR count). The van der Waals surface area contributed by atoms with Gasteiger partial charge in [0.25, 0.3) is 11.1 Å². The lowest BCUT2D eigenvalue weighted by atomic mass is 9.94. The number of hydrogen-bond donors (Lipinski definition) is 0. The topological polar surface area (TPSA) is 105 Å². The van der Waals surface area contributed by atoms with Gasteiger partial charge < -0.3 is 32.3 Å². The monoisotopic (exact) mass is 1830 g/mol. The molecule has 1 aliphatic rings. The fourth-order valence-corrected chi connectivity index (χ4v) is 14.4. The third-order valence-electron chi connectivity index (χ3n) is 19.2. The number of nitrogens with zero attached hydrogens (tertiary/aromatic N) is 4. The van der Waals surface area contributed by atoms with E-state index in [4.69, 9.17) is 47.9 Å². The van der Waals surface area contributed by atoms with Crippen molar-refractivity contribution in [1.82, 2.24) is 14.1 Å². The summed E-state index contributed by atoms with van der Waals surface area (Å²) in [5, 5.41) is 1.27. The second kappa shape index (κ2) is 46.2. The number of fused-ring (bicyclic) bond motifs is 2. The van der Waals surface area contributed by atoms with Gasteiger partial charge in [0.05, 0.1) is 35.4 Å². The molecule has 0 radical (unpaired) electrons. The first kappa shape index (κ1) is 89.4. The van der Waals surface area contributed by atoms with Crippen LogP contribution >= 0.6 is 68.4 Å².